The second-order valence-corrected chi connectivity index (χ2v) is 4.14. The lowest BCUT2D eigenvalue weighted by atomic mass is 9.86. The molecule has 0 aromatic carbocycles. The van der Waals surface area contributed by atoms with E-state index in [-0.39, 0.29) is 17.8 Å². The zero-order chi connectivity index (χ0) is 11.8. The van der Waals surface area contributed by atoms with Crippen LogP contribution < -0.4 is 0 Å². The Balaban J connectivity index is 4.30. The molecule has 0 amide bonds. The summed E-state index contributed by atoms with van der Waals surface area (Å²) in [4.78, 5) is 11.6. The van der Waals surface area contributed by atoms with Crippen molar-refractivity contribution in [1.29, 1.82) is 0 Å². The number of esters is 1. The first-order valence-corrected chi connectivity index (χ1v) is 5.89. The fraction of sp³-hybridized carbons (Fsp3) is 0.917. The van der Waals surface area contributed by atoms with Gasteiger partial charge in [-0.2, -0.15) is 0 Å². The van der Waals surface area contributed by atoms with Gasteiger partial charge < -0.3 is 9.84 Å². The second kappa shape index (κ2) is 7.69. The smallest absolute Gasteiger partial charge is 0.311 e. The molecule has 0 heterocycles. The van der Waals surface area contributed by atoms with E-state index in [1.807, 2.05) is 6.92 Å². The van der Waals surface area contributed by atoms with Crippen molar-refractivity contribution in [3.63, 3.8) is 0 Å². The average Bonchev–Trinajstić information content (AvgIpc) is 2.14. The molecular weight excluding hydrogens is 192 g/mol. The van der Waals surface area contributed by atoms with Crippen LogP contribution in [-0.4, -0.2) is 23.8 Å². The first kappa shape index (κ1) is 14.4. The van der Waals surface area contributed by atoms with Crippen LogP contribution in [0.2, 0.25) is 0 Å². The zero-order valence-corrected chi connectivity index (χ0v) is 10.3. The predicted molar refractivity (Wildman–Crippen MR) is 60.5 cm³/mol. The number of carbonyl (C=O) groups excluding carboxylic acids is 1. The van der Waals surface area contributed by atoms with E-state index in [4.69, 9.17) is 4.74 Å². The molecule has 0 saturated heterocycles. The first-order chi connectivity index (χ1) is 7.04. The molecule has 3 nitrogen and oxygen atoms in total. The molecule has 0 aliphatic heterocycles. The summed E-state index contributed by atoms with van der Waals surface area (Å²) in [5.41, 5.74) is 0. The lowest BCUT2D eigenvalue weighted by Gasteiger charge is -2.24. The summed E-state index contributed by atoms with van der Waals surface area (Å²) in [5.74, 6) is -0.461. The Labute approximate surface area is 92.8 Å². The molecule has 0 aromatic heterocycles. The monoisotopic (exact) mass is 216 g/mol. The van der Waals surface area contributed by atoms with E-state index in [2.05, 4.69) is 6.92 Å². The maximum atomic E-state index is 11.6. The maximum absolute atomic E-state index is 11.6. The molecule has 0 fully saturated rings. The fourth-order valence-corrected chi connectivity index (χ4v) is 1.85. The van der Waals surface area contributed by atoms with Crippen molar-refractivity contribution in [2.24, 2.45) is 11.8 Å². The summed E-state index contributed by atoms with van der Waals surface area (Å²) in [6.07, 6.45) is 2.53. The standard InChI is InChI=1S/C12H24O3/c1-5-7-8-9(3)11(10(4)13)12(14)15-6-2/h9-11,13H,5-8H2,1-4H3. The molecule has 0 aliphatic rings. The van der Waals surface area contributed by atoms with Crippen LogP contribution in [0.4, 0.5) is 0 Å². The topological polar surface area (TPSA) is 46.5 Å². The van der Waals surface area contributed by atoms with Crippen molar-refractivity contribution in [3.8, 4) is 0 Å². The van der Waals surface area contributed by atoms with Gasteiger partial charge in [0.05, 0.1) is 18.6 Å². The third-order valence-electron chi connectivity index (χ3n) is 2.70. The Hall–Kier alpha value is -0.570. The van der Waals surface area contributed by atoms with Crippen molar-refractivity contribution in [3.05, 3.63) is 0 Å². The second-order valence-electron chi connectivity index (χ2n) is 4.14. The Bertz CT molecular complexity index is 178. The summed E-state index contributed by atoms with van der Waals surface area (Å²) in [7, 11) is 0. The molecular formula is C12H24O3. The lowest BCUT2D eigenvalue weighted by Crippen LogP contribution is -2.33. The van der Waals surface area contributed by atoms with E-state index in [1.54, 1.807) is 13.8 Å². The highest BCUT2D eigenvalue weighted by Crippen LogP contribution is 2.23. The van der Waals surface area contributed by atoms with Gasteiger partial charge in [-0.05, 0) is 26.2 Å². The largest absolute Gasteiger partial charge is 0.466 e. The molecule has 90 valence electrons. The molecule has 15 heavy (non-hydrogen) atoms. The summed E-state index contributed by atoms with van der Waals surface area (Å²) >= 11 is 0. The third kappa shape index (κ3) is 5.17. The van der Waals surface area contributed by atoms with Gasteiger partial charge in [0.1, 0.15) is 0 Å². The number of ether oxygens (including phenoxy) is 1. The highest BCUT2D eigenvalue weighted by Gasteiger charge is 2.30. The van der Waals surface area contributed by atoms with Gasteiger partial charge in [0, 0.05) is 0 Å². The average molecular weight is 216 g/mol. The van der Waals surface area contributed by atoms with E-state index in [0.717, 1.165) is 19.3 Å². The van der Waals surface area contributed by atoms with Crippen molar-refractivity contribution >= 4 is 5.97 Å². The summed E-state index contributed by atoms with van der Waals surface area (Å²) in [6.45, 7) is 7.94. The molecule has 1 N–H and O–H groups in total. The molecule has 3 unspecified atom stereocenters. The SMILES string of the molecule is CCCCC(C)C(C(=O)OCC)C(C)O. The molecule has 3 heteroatoms. The fourth-order valence-electron chi connectivity index (χ4n) is 1.85. The Morgan fingerprint density at radius 2 is 1.93 bits per heavy atom. The molecule has 0 spiro atoms. The minimum atomic E-state index is -0.629. The predicted octanol–water partition coefficient (Wildman–Crippen LogP) is 2.37. The molecule has 0 bridgehead atoms. The molecule has 0 rings (SSSR count). The van der Waals surface area contributed by atoms with Gasteiger partial charge in [-0.15, -0.1) is 0 Å². The van der Waals surface area contributed by atoms with Crippen LogP contribution in [0, 0.1) is 11.8 Å². The van der Waals surface area contributed by atoms with Crippen LogP contribution in [0.5, 0.6) is 0 Å². The number of rotatable bonds is 7. The lowest BCUT2D eigenvalue weighted by molar-refractivity contribution is -0.154. The number of hydrogen-bond acceptors (Lipinski definition) is 3. The van der Waals surface area contributed by atoms with Crippen molar-refractivity contribution in [2.75, 3.05) is 6.61 Å². The van der Waals surface area contributed by atoms with Gasteiger partial charge >= 0.3 is 5.97 Å². The normalized spacial score (nSPS) is 16.9. The highest BCUT2D eigenvalue weighted by molar-refractivity contribution is 5.73. The van der Waals surface area contributed by atoms with E-state index in [1.165, 1.54) is 0 Å². The third-order valence-corrected chi connectivity index (χ3v) is 2.70. The van der Waals surface area contributed by atoms with Crippen LogP contribution in [0.3, 0.4) is 0 Å². The number of aliphatic hydroxyl groups is 1. The van der Waals surface area contributed by atoms with Crippen molar-refractivity contribution in [1.82, 2.24) is 0 Å². The molecule has 3 atom stereocenters. The molecule has 0 aromatic rings. The first-order valence-electron chi connectivity index (χ1n) is 5.89. The zero-order valence-electron chi connectivity index (χ0n) is 10.3. The molecule has 0 saturated carbocycles. The van der Waals surface area contributed by atoms with Crippen LogP contribution in [0.1, 0.15) is 47.0 Å². The van der Waals surface area contributed by atoms with Gasteiger partial charge in [0.2, 0.25) is 0 Å². The quantitative estimate of drug-likeness (QED) is 0.665. The van der Waals surface area contributed by atoms with Crippen LogP contribution >= 0.6 is 0 Å². The summed E-state index contributed by atoms with van der Waals surface area (Å²) in [6, 6.07) is 0. The number of hydrogen-bond donors (Lipinski definition) is 1. The van der Waals surface area contributed by atoms with E-state index in [9.17, 15) is 9.90 Å². The minimum absolute atomic E-state index is 0.184. The molecule has 0 aliphatic carbocycles. The van der Waals surface area contributed by atoms with Crippen LogP contribution in [0.15, 0.2) is 0 Å². The van der Waals surface area contributed by atoms with Gasteiger partial charge in [-0.25, -0.2) is 0 Å². The Kier molecular flexibility index (Phi) is 7.39. The van der Waals surface area contributed by atoms with Crippen LogP contribution in [0.25, 0.3) is 0 Å². The number of carbonyl (C=O) groups is 1. The maximum Gasteiger partial charge on any atom is 0.311 e. The van der Waals surface area contributed by atoms with Gasteiger partial charge in [-0.1, -0.05) is 26.7 Å². The summed E-state index contributed by atoms with van der Waals surface area (Å²) < 4.78 is 4.97. The van der Waals surface area contributed by atoms with Crippen molar-refractivity contribution in [2.45, 2.75) is 53.1 Å². The molecule has 0 radical (unpaired) electrons. The van der Waals surface area contributed by atoms with E-state index in [0.29, 0.717) is 6.61 Å². The Morgan fingerprint density at radius 1 is 1.33 bits per heavy atom. The number of aliphatic hydroxyl groups excluding tert-OH is 1. The van der Waals surface area contributed by atoms with Gasteiger partial charge in [-0.3, -0.25) is 4.79 Å². The van der Waals surface area contributed by atoms with E-state index < -0.39 is 6.10 Å². The van der Waals surface area contributed by atoms with E-state index >= 15 is 0 Å². The summed E-state index contributed by atoms with van der Waals surface area (Å²) in [5, 5.41) is 9.58. The highest BCUT2D eigenvalue weighted by atomic mass is 16.5. The van der Waals surface area contributed by atoms with Gasteiger partial charge in [0.15, 0.2) is 0 Å². The minimum Gasteiger partial charge on any atom is -0.466 e. The van der Waals surface area contributed by atoms with Crippen LogP contribution in [-0.2, 0) is 9.53 Å². The van der Waals surface area contributed by atoms with Gasteiger partial charge in [0.25, 0.3) is 0 Å². The Morgan fingerprint density at radius 3 is 2.33 bits per heavy atom. The number of unbranched alkanes of at least 4 members (excludes halogenated alkanes) is 1. The van der Waals surface area contributed by atoms with Crippen molar-refractivity contribution < 1.29 is 14.6 Å².